The minimum absolute atomic E-state index is 0.206. The second kappa shape index (κ2) is 15.1. The number of aliphatic carboxylic acids is 3. The first-order valence-electron chi connectivity index (χ1n) is 10.3. The third-order valence-electron chi connectivity index (χ3n) is 4.88. The van der Waals surface area contributed by atoms with E-state index in [4.69, 9.17) is 15.9 Å². The zero-order chi connectivity index (χ0) is 25.7. The molecule has 0 aromatic carbocycles. The maximum absolute atomic E-state index is 12.7. The highest BCUT2D eigenvalue weighted by atomic mass is 32.1. The molecule has 0 aromatic rings. The Morgan fingerprint density at radius 1 is 0.818 bits per heavy atom. The van der Waals surface area contributed by atoms with E-state index in [2.05, 4.69) is 28.6 Å². The van der Waals surface area contributed by atoms with Gasteiger partial charge in [0.2, 0.25) is 17.7 Å². The van der Waals surface area contributed by atoms with Crippen LogP contribution in [0.2, 0.25) is 0 Å². The lowest BCUT2D eigenvalue weighted by Gasteiger charge is -2.25. The zero-order valence-corrected chi connectivity index (χ0v) is 19.3. The lowest BCUT2D eigenvalue weighted by Crippen LogP contribution is -2.58. The molecule has 8 N–H and O–H groups in total. The van der Waals surface area contributed by atoms with Crippen molar-refractivity contribution in [3.8, 4) is 0 Å². The van der Waals surface area contributed by atoms with Gasteiger partial charge in [-0.1, -0.05) is 20.3 Å². The molecule has 0 radical (unpaired) electrons. The Morgan fingerprint density at radius 2 is 1.30 bits per heavy atom. The molecule has 14 heteroatoms. The molecule has 0 saturated carbocycles. The van der Waals surface area contributed by atoms with Crippen LogP contribution in [0.4, 0.5) is 0 Å². The van der Waals surface area contributed by atoms with E-state index < -0.39 is 72.1 Å². The first-order chi connectivity index (χ1) is 15.3. The summed E-state index contributed by atoms with van der Waals surface area (Å²) in [5, 5.41) is 33.9. The van der Waals surface area contributed by atoms with E-state index in [-0.39, 0.29) is 25.0 Å². The Kier molecular flexibility index (Phi) is 13.7. The summed E-state index contributed by atoms with van der Waals surface area (Å²) in [6, 6.07) is -5.10. The van der Waals surface area contributed by atoms with Crippen molar-refractivity contribution in [2.24, 2.45) is 11.7 Å². The van der Waals surface area contributed by atoms with Gasteiger partial charge in [-0.05, 0) is 18.8 Å². The molecule has 0 aliphatic heterocycles. The molecule has 0 heterocycles. The largest absolute Gasteiger partial charge is 0.481 e. The summed E-state index contributed by atoms with van der Waals surface area (Å²) >= 11 is 4.00. The van der Waals surface area contributed by atoms with Gasteiger partial charge in [-0.25, -0.2) is 4.79 Å². The topological polar surface area (TPSA) is 225 Å². The molecular weight excluding hydrogens is 460 g/mol. The summed E-state index contributed by atoms with van der Waals surface area (Å²) in [6.07, 6.45) is -0.939. The number of hydrogen-bond acceptors (Lipinski definition) is 8. The van der Waals surface area contributed by atoms with E-state index in [0.29, 0.717) is 6.42 Å². The molecular formula is C19H32N4O9S. The Balaban J connectivity index is 5.33. The number of carbonyl (C=O) groups excluding carboxylic acids is 3. The fourth-order valence-corrected chi connectivity index (χ4v) is 2.89. The van der Waals surface area contributed by atoms with Crippen molar-refractivity contribution in [1.29, 1.82) is 0 Å². The van der Waals surface area contributed by atoms with E-state index in [1.165, 1.54) is 0 Å². The molecule has 0 saturated heterocycles. The van der Waals surface area contributed by atoms with Gasteiger partial charge < -0.3 is 37.0 Å². The van der Waals surface area contributed by atoms with Gasteiger partial charge in [0, 0.05) is 18.6 Å². The number of rotatable bonds is 16. The van der Waals surface area contributed by atoms with Crippen molar-refractivity contribution in [3.63, 3.8) is 0 Å². The molecule has 5 atom stereocenters. The molecule has 33 heavy (non-hydrogen) atoms. The molecule has 0 bridgehead atoms. The lowest BCUT2D eigenvalue weighted by atomic mass is 9.99. The van der Waals surface area contributed by atoms with Crippen LogP contribution in [0.5, 0.6) is 0 Å². The van der Waals surface area contributed by atoms with Crippen molar-refractivity contribution in [2.45, 2.75) is 70.1 Å². The number of thiol groups is 1. The van der Waals surface area contributed by atoms with Crippen LogP contribution in [0.3, 0.4) is 0 Å². The zero-order valence-electron chi connectivity index (χ0n) is 18.4. The molecule has 13 nitrogen and oxygen atoms in total. The molecule has 188 valence electrons. The number of carboxylic acids is 3. The second-order valence-corrected chi connectivity index (χ2v) is 7.85. The number of hydrogen-bond donors (Lipinski definition) is 8. The first kappa shape index (κ1) is 30.1. The Morgan fingerprint density at radius 3 is 1.76 bits per heavy atom. The SMILES string of the molecule is CCC(C)C(NC(=O)C(CS)NC(=O)C(CCC(=O)O)NC(=O)C(N)CCC(=O)O)C(=O)O. The summed E-state index contributed by atoms with van der Waals surface area (Å²) in [4.78, 5) is 70.4. The van der Waals surface area contributed by atoms with Gasteiger partial charge in [0.1, 0.15) is 18.1 Å². The van der Waals surface area contributed by atoms with E-state index in [9.17, 15) is 33.9 Å². The third kappa shape index (κ3) is 11.5. The average Bonchev–Trinajstić information content (AvgIpc) is 2.75. The summed E-state index contributed by atoms with van der Waals surface area (Å²) in [6.45, 7) is 3.39. The van der Waals surface area contributed by atoms with Crippen LogP contribution in [0, 0.1) is 5.92 Å². The van der Waals surface area contributed by atoms with Crippen molar-refractivity contribution in [1.82, 2.24) is 16.0 Å². The number of carboxylic acid groups (broad SMARTS) is 3. The summed E-state index contributed by atoms with van der Waals surface area (Å²) in [5.41, 5.74) is 5.61. The number of nitrogens with two attached hydrogens (primary N) is 1. The molecule has 0 spiro atoms. The van der Waals surface area contributed by atoms with Crippen LogP contribution in [0.1, 0.15) is 46.0 Å². The van der Waals surface area contributed by atoms with E-state index in [1.807, 2.05) is 0 Å². The van der Waals surface area contributed by atoms with Crippen LogP contribution in [0.15, 0.2) is 0 Å². The maximum atomic E-state index is 12.7. The quantitative estimate of drug-likeness (QED) is 0.117. The van der Waals surface area contributed by atoms with Crippen LogP contribution in [0.25, 0.3) is 0 Å². The molecule has 3 amide bonds. The molecule has 0 rings (SSSR count). The normalized spacial score (nSPS) is 15.3. The molecule has 0 aromatic heterocycles. The molecule has 0 aliphatic carbocycles. The second-order valence-electron chi connectivity index (χ2n) is 7.49. The average molecular weight is 493 g/mol. The van der Waals surface area contributed by atoms with E-state index >= 15 is 0 Å². The van der Waals surface area contributed by atoms with Gasteiger partial charge in [0.25, 0.3) is 0 Å². The van der Waals surface area contributed by atoms with Crippen LogP contribution < -0.4 is 21.7 Å². The lowest BCUT2D eigenvalue weighted by molar-refractivity contribution is -0.143. The summed E-state index contributed by atoms with van der Waals surface area (Å²) in [7, 11) is 0. The Hall–Kier alpha value is -2.87. The monoisotopic (exact) mass is 492 g/mol. The molecule has 0 fully saturated rings. The van der Waals surface area contributed by atoms with Gasteiger partial charge in [0.05, 0.1) is 6.04 Å². The maximum Gasteiger partial charge on any atom is 0.326 e. The minimum Gasteiger partial charge on any atom is -0.481 e. The van der Waals surface area contributed by atoms with Crippen molar-refractivity contribution >= 4 is 48.3 Å². The van der Waals surface area contributed by atoms with Crippen molar-refractivity contribution < 1.29 is 44.1 Å². The Labute approximate surface area is 196 Å². The van der Waals surface area contributed by atoms with Crippen molar-refractivity contribution in [3.05, 3.63) is 0 Å². The smallest absolute Gasteiger partial charge is 0.326 e. The van der Waals surface area contributed by atoms with Gasteiger partial charge in [-0.3, -0.25) is 24.0 Å². The predicted molar refractivity (Wildman–Crippen MR) is 118 cm³/mol. The van der Waals surface area contributed by atoms with Crippen LogP contribution in [-0.2, 0) is 28.8 Å². The predicted octanol–water partition coefficient (Wildman–Crippen LogP) is -1.44. The van der Waals surface area contributed by atoms with Crippen molar-refractivity contribution in [2.75, 3.05) is 5.75 Å². The molecule has 0 aliphatic rings. The number of carbonyl (C=O) groups is 6. The van der Waals surface area contributed by atoms with E-state index in [1.54, 1.807) is 13.8 Å². The summed E-state index contributed by atoms with van der Waals surface area (Å²) < 4.78 is 0. The fraction of sp³-hybridized carbons (Fsp3) is 0.684. The highest BCUT2D eigenvalue weighted by Gasteiger charge is 2.31. The number of nitrogens with one attached hydrogen (secondary N) is 3. The van der Waals surface area contributed by atoms with Crippen LogP contribution >= 0.6 is 12.6 Å². The van der Waals surface area contributed by atoms with Gasteiger partial charge >= 0.3 is 17.9 Å². The summed E-state index contributed by atoms with van der Waals surface area (Å²) in [5.74, 6) is -6.83. The standard InChI is InChI=1S/C19H32N4O9S/c1-3-9(2)15(19(31)32)23-18(30)12(8-33)22-17(29)11(5-7-14(26)27)21-16(28)10(20)4-6-13(24)25/h9-12,15,33H,3-8,20H2,1-2H3,(H,21,28)(H,22,29)(H,23,30)(H,24,25)(H,26,27)(H,31,32). The Bertz CT molecular complexity index is 734. The van der Waals surface area contributed by atoms with Crippen LogP contribution in [-0.4, -0.2) is 80.9 Å². The highest BCUT2D eigenvalue weighted by Crippen LogP contribution is 2.09. The minimum atomic E-state index is -1.38. The van der Waals surface area contributed by atoms with E-state index in [0.717, 1.165) is 0 Å². The van der Waals surface area contributed by atoms with Gasteiger partial charge in [-0.2, -0.15) is 12.6 Å². The fourth-order valence-electron chi connectivity index (χ4n) is 2.63. The van der Waals surface area contributed by atoms with Gasteiger partial charge in [-0.15, -0.1) is 0 Å². The molecule has 5 unspecified atom stereocenters. The number of amides is 3. The highest BCUT2D eigenvalue weighted by molar-refractivity contribution is 7.80. The third-order valence-corrected chi connectivity index (χ3v) is 5.24. The van der Waals surface area contributed by atoms with Gasteiger partial charge in [0.15, 0.2) is 0 Å². The first-order valence-corrected chi connectivity index (χ1v) is 10.9.